The molecule has 1 heterocycles. The van der Waals surface area contributed by atoms with Crippen molar-refractivity contribution in [1.29, 1.82) is 0 Å². The fourth-order valence-corrected chi connectivity index (χ4v) is 5.86. The van der Waals surface area contributed by atoms with E-state index in [4.69, 9.17) is 19.6 Å². The van der Waals surface area contributed by atoms with Gasteiger partial charge in [-0.2, -0.15) is 0 Å². The summed E-state index contributed by atoms with van der Waals surface area (Å²) in [7, 11) is 0. The third kappa shape index (κ3) is 7.48. The zero-order valence-corrected chi connectivity index (χ0v) is 24.8. The molecule has 1 amide bonds. The maximum atomic E-state index is 14.4. The van der Waals surface area contributed by atoms with E-state index in [1.54, 1.807) is 12.1 Å². The molecule has 228 valence electrons. The summed E-state index contributed by atoms with van der Waals surface area (Å²) in [5.41, 5.74) is 10.7. The number of hydrogen-bond donors (Lipinski definition) is 2. The van der Waals surface area contributed by atoms with Crippen molar-refractivity contribution in [1.82, 2.24) is 5.32 Å². The second-order valence-electron chi connectivity index (χ2n) is 11.3. The van der Waals surface area contributed by atoms with Crippen LogP contribution in [0.2, 0.25) is 0 Å². The summed E-state index contributed by atoms with van der Waals surface area (Å²) in [6, 6.07) is 24.4. The molecular weight excluding hydrogens is 554 g/mol. The van der Waals surface area contributed by atoms with Crippen molar-refractivity contribution in [2.24, 2.45) is 16.0 Å². The van der Waals surface area contributed by atoms with Gasteiger partial charge in [-0.1, -0.05) is 91.1 Å². The molecule has 0 spiro atoms. The Balaban J connectivity index is 1.54. The van der Waals surface area contributed by atoms with Gasteiger partial charge >= 0.3 is 0 Å². The topological polar surface area (TPSA) is 129 Å². The summed E-state index contributed by atoms with van der Waals surface area (Å²) in [5, 5.41) is 16.2. The van der Waals surface area contributed by atoms with Crippen molar-refractivity contribution >= 4 is 23.6 Å². The van der Waals surface area contributed by atoms with Crippen LogP contribution in [0.4, 0.5) is 5.69 Å². The molecule has 9 nitrogen and oxygen atoms in total. The Morgan fingerprint density at radius 1 is 1.07 bits per heavy atom. The summed E-state index contributed by atoms with van der Waals surface area (Å²) in [5.74, 6) is 1.20. The average Bonchev–Trinajstić information content (AvgIpc) is 3.46. The third-order valence-corrected chi connectivity index (χ3v) is 8.22. The van der Waals surface area contributed by atoms with Crippen LogP contribution in [0.25, 0.3) is 16.5 Å². The van der Waals surface area contributed by atoms with Gasteiger partial charge in [0.1, 0.15) is 5.75 Å². The molecule has 3 aromatic rings. The van der Waals surface area contributed by atoms with Crippen LogP contribution in [0.15, 0.2) is 95.0 Å². The van der Waals surface area contributed by atoms with E-state index < -0.39 is 11.6 Å². The SMILES string of the molecule is [N-]=[N+]=Nc1ccccc1[C@H]1OC(c2ccc(OCCCO)cc2)=N[C@@]1(C/C=C/c1ccccc1)C(=O)NCC1CCCCC1. The third-order valence-electron chi connectivity index (χ3n) is 8.22. The number of carbonyl (C=O) groups is 1. The lowest BCUT2D eigenvalue weighted by Gasteiger charge is -2.31. The number of hydrogen-bond acceptors (Lipinski definition) is 6. The molecule has 1 aliphatic heterocycles. The number of benzene rings is 3. The van der Waals surface area contributed by atoms with Crippen LogP contribution in [0.1, 0.15) is 67.7 Å². The second-order valence-corrected chi connectivity index (χ2v) is 11.3. The van der Waals surface area contributed by atoms with E-state index in [1.807, 2.05) is 78.9 Å². The minimum Gasteiger partial charge on any atom is -0.494 e. The van der Waals surface area contributed by atoms with E-state index in [1.165, 1.54) is 19.3 Å². The quantitative estimate of drug-likeness (QED) is 0.0923. The van der Waals surface area contributed by atoms with E-state index in [9.17, 15) is 10.3 Å². The van der Waals surface area contributed by atoms with E-state index >= 15 is 0 Å². The molecule has 44 heavy (non-hydrogen) atoms. The number of carbonyl (C=O) groups excluding carboxylic acids is 1. The van der Waals surface area contributed by atoms with Gasteiger partial charge in [0.2, 0.25) is 5.90 Å². The van der Waals surface area contributed by atoms with Crippen LogP contribution in [0.3, 0.4) is 0 Å². The summed E-state index contributed by atoms with van der Waals surface area (Å²) in [6.45, 7) is 1.05. The number of aliphatic hydroxyl groups excluding tert-OH is 1. The minimum absolute atomic E-state index is 0.0606. The molecule has 0 saturated heterocycles. The number of azide groups is 1. The van der Waals surface area contributed by atoms with Crippen molar-refractivity contribution in [2.45, 2.75) is 56.6 Å². The molecule has 3 aromatic carbocycles. The molecular formula is C35H39N5O4. The molecule has 1 saturated carbocycles. The first-order chi connectivity index (χ1) is 21.6. The van der Waals surface area contributed by atoms with Crippen LogP contribution in [-0.2, 0) is 9.53 Å². The predicted octanol–water partition coefficient (Wildman–Crippen LogP) is 7.45. The highest BCUT2D eigenvalue weighted by Gasteiger charge is 2.53. The Labute approximate surface area is 258 Å². The van der Waals surface area contributed by atoms with Gasteiger partial charge in [0.25, 0.3) is 5.91 Å². The molecule has 9 heteroatoms. The monoisotopic (exact) mass is 593 g/mol. The number of nitrogens with zero attached hydrogens (tertiary/aromatic N) is 4. The number of rotatable bonds is 13. The van der Waals surface area contributed by atoms with Gasteiger partial charge in [0.15, 0.2) is 11.6 Å². The molecule has 1 fully saturated rings. The van der Waals surface area contributed by atoms with E-state index in [-0.39, 0.29) is 18.9 Å². The van der Waals surface area contributed by atoms with Crippen LogP contribution in [0, 0.1) is 5.92 Å². The van der Waals surface area contributed by atoms with Crippen LogP contribution in [0.5, 0.6) is 5.75 Å². The summed E-state index contributed by atoms with van der Waals surface area (Å²) < 4.78 is 12.3. The van der Waals surface area contributed by atoms with Crippen molar-refractivity contribution in [3.05, 3.63) is 112 Å². The Morgan fingerprint density at radius 2 is 1.82 bits per heavy atom. The number of aliphatic imine (C=N–C) groups is 1. The normalized spacial score (nSPS) is 20.0. The highest BCUT2D eigenvalue weighted by molar-refractivity contribution is 6.01. The Hall–Kier alpha value is -4.59. The second kappa shape index (κ2) is 15.2. The molecule has 0 radical (unpaired) electrons. The molecule has 0 aromatic heterocycles. The predicted molar refractivity (Wildman–Crippen MR) is 172 cm³/mol. The number of amides is 1. The van der Waals surface area contributed by atoms with Crippen LogP contribution in [-0.4, -0.2) is 42.2 Å². The minimum atomic E-state index is -1.35. The summed E-state index contributed by atoms with van der Waals surface area (Å²) in [4.78, 5) is 22.5. The summed E-state index contributed by atoms with van der Waals surface area (Å²) >= 11 is 0. The van der Waals surface area contributed by atoms with Gasteiger partial charge < -0.3 is 19.9 Å². The van der Waals surface area contributed by atoms with Gasteiger partial charge in [-0.15, -0.1) is 0 Å². The fourth-order valence-electron chi connectivity index (χ4n) is 5.86. The Kier molecular flexibility index (Phi) is 10.7. The van der Waals surface area contributed by atoms with Crippen molar-refractivity contribution < 1.29 is 19.4 Å². The highest BCUT2D eigenvalue weighted by atomic mass is 16.5. The Morgan fingerprint density at radius 3 is 2.57 bits per heavy atom. The zero-order chi connectivity index (χ0) is 30.6. The van der Waals surface area contributed by atoms with Gasteiger partial charge in [0, 0.05) is 47.7 Å². The lowest BCUT2D eigenvalue weighted by Crippen LogP contribution is -2.49. The van der Waals surface area contributed by atoms with Gasteiger partial charge in [0.05, 0.1) is 6.61 Å². The first kappa shape index (κ1) is 30.9. The maximum absolute atomic E-state index is 14.4. The maximum Gasteiger partial charge on any atom is 0.252 e. The van der Waals surface area contributed by atoms with Crippen molar-refractivity contribution in [2.75, 3.05) is 19.8 Å². The molecule has 5 rings (SSSR count). The lowest BCUT2D eigenvalue weighted by molar-refractivity contribution is -0.129. The number of nitrogens with one attached hydrogen (secondary N) is 1. The van der Waals surface area contributed by atoms with Crippen molar-refractivity contribution in [3.8, 4) is 5.75 Å². The Bertz CT molecular complexity index is 1500. The zero-order valence-electron chi connectivity index (χ0n) is 24.8. The molecule has 0 unspecified atom stereocenters. The standard InChI is InChI=1S/C35H39N5O4/c36-40-39-31-17-8-7-16-30(31)32-35(22-9-15-26-11-3-1-4-12-26,34(42)37-25-27-13-5-2-6-14-27)38-33(44-32)28-18-20-29(21-19-28)43-24-10-23-41/h1,3-4,7-9,11-12,15-21,27,32,41H,2,5-6,10,13-14,22-25H2,(H,37,42)/b15-9+/t32-,35-/m1/s1. The molecule has 2 N–H and O–H groups in total. The number of aliphatic hydroxyl groups is 1. The van der Waals surface area contributed by atoms with Crippen LogP contribution >= 0.6 is 0 Å². The molecule has 2 atom stereocenters. The first-order valence-corrected chi connectivity index (χ1v) is 15.4. The number of ether oxygens (including phenoxy) is 2. The van der Waals surface area contributed by atoms with Gasteiger partial charge in [-0.25, -0.2) is 4.99 Å². The molecule has 1 aliphatic carbocycles. The lowest BCUT2D eigenvalue weighted by atomic mass is 9.83. The largest absolute Gasteiger partial charge is 0.494 e. The van der Waals surface area contributed by atoms with Gasteiger partial charge in [-0.05, 0) is 54.1 Å². The van der Waals surface area contributed by atoms with Gasteiger partial charge in [-0.3, -0.25) is 4.79 Å². The van der Waals surface area contributed by atoms with Crippen molar-refractivity contribution in [3.63, 3.8) is 0 Å². The molecule has 0 bridgehead atoms. The summed E-state index contributed by atoms with van der Waals surface area (Å²) in [6.07, 6.45) is 9.71. The molecule has 2 aliphatic rings. The van der Waals surface area contributed by atoms with E-state index in [0.29, 0.717) is 54.0 Å². The van der Waals surface area contributed by atoms with E-state index in [0.717, 1.165) is 18.4 Å². The highest BCUT2D eigenvalue weighted by Crippen LogP contribution is 2.46. The average molecular weight is 594 g/mol. The van der Waals surface area contributed by atoms with Crippen LogP contribution < -0.4 is 10.1 Å². The first-order valence-electron chi connectivity index (χ1n) is 15.4. The smallest absolute Gasteiger partial charge is 0.252 e. The van der Waals surface area contributed by atoms with E-state index in [2.05, 4.69) is 15.3 Å². The fraction of sp³-hybridized carbons (Fsp3) is 0.371.